The van der Waals surface area contributed by atoms with Gasteiger partial charge in [-0.1, -0.05) is 25.1 Å². The number of benzene rings is 1. The van der Waals surface area contributed by atoms with Gasteiger partial charge in [0.25, 0.3) is 0 Å². The van der Waals surface area contributed by atoms with Crippen LogP contribution in [-0.4, -0.2) is 28.3 Å². The van der Waals surface area contributed by atoms with Crippen LogP contribution in [0.3, 0.4) is 0 Å². The molecule has 2 aromatic rings. The molecule has 0 spiro atoms. The molecule has 5 heteroatoms. The van der Waals surface area contributed by atoms with E-state index >= 15 is 0 Å². The van der Waals surface area contributed by atoms with Crippen molar-refractivity contribution < 1.29 is 4.74 Å². The quantitative estimate of drug-likeness (QED) is 0.893. The van der Waals surface area contributed by atoms with E-state index in [1.54, 1.807) is 0 Å². The zero-order chi connectivity index (χ0) is 13.1. The lowest BCUT2D eigenvalue weighted by atomic mass is 10.1. The molecule has 19 heavy (non-hydrogen) atoms. The number of hydrogen-bond donors (Lipinski definition) is 1. The van der Waals surface area contributed by atoms with Gasteiger partial charge in [-0.25, -0.2) is 0 Å². The molecule has 2 heterocycles. The molecule has 100 valence electrons. The zero-order valence-corrected chi connectivity index (χ0v) is 11.1. The van der Waals surface area contributed by atoms with Crippen LogP contribution in [-0.2, 0) is 13.0 Å². The number of aryl methyl sites for hydroxylation is 1. The largest absolute Gasteiger partial charge is 0.485 e. The highest BCUT2D eigenvalue weighted by atomic mass is 16.5. The van der Waals surface area contributed by atoms with Gasteiger partial charge in [0.15, 0.2) is 5.82 Å². The summed E-state index contributed by atoms with van der Waals surface area (Å²) in [5.74, 6) is 2.48. The molecule has 1 aliphatic heterocycles. The molecule has 0 aliphatic carbocycles. The minimum absolute atomic E-state index is 0.428. The first-order valence-corrected chi connectivity index (χ1v) is 6.73. The van der Waals surface area contributed by atoms with Crippen LogP contribution >= 0.6 is 0 Å². The molecule has 0 bridgehead atoms. The van der Waals surface area contributed by atoms with E-state index in [0.29, 0.717) is 6.61 Å². The van der Waals surface area contributed by atoms with Crippen LogP contribution in [0.4, 0.5) is 5.95 Å². The SMILES string of the molecule is CCc1ccccc1OCc1nc(N2CCC2)n[nH]1. The third-order valence-corrected chi connectivity index (χ3v) is 3.38. The summed E-state index contributed by atoms with van der Waals surface area (Å²) in [7, 11) is 0. The predicted molar refractivity (Wildman–Crippen MR) is 73.4 cm³/mol. The van der Waals surface area contributed by atoms with Crippen molar-refractivity contribution in [3.05, 3.63) is 35.7 Å². The lowest BCUT2D eigenvalue weighted by molar-refractivity contribution is 0.293. The third-order valence-electron chi connectivity index (χ3n) is 3.38. The van der Waals surface area contributed by atoms with Crippen molar-refractivity contribution in [3.63, 3.8) is 0 Å². The Morgan fingerprint density at radius 3 is 2.89 bits per heavy atom. The van der Waals surface area contributed by atoms with Crippen molar-refractivity contribution in [1.29, 1.82) is 0 Å². The fourth-order valence-corrected chi connectivity index (χ4v) is 2.09. The lowest BCUT2D eigenvalue weighted by Crippen LogP contribution is -2.37. The summed E-state index contributed by atoms with van der Waals surface area (Å²) < 4.78 is 5.81. The third kappa shape index (κ3) is 2.54. The Balaban J connectivity index is 1.63. The average Bonchev–Trinajstić information content (AvgIpc) is 2.83. The van der Waals surface area contributed by atoms with Gasteiger partial charge in [-0.2, -0.15) is 4.98 Å². The van der Waals surface area contributed by atoms with Crippen molar-refractivity contribution in [2.45, 2.75) is 26.4 Å². The molecule has 1 aromatic carbocycles. The normalized spacial score (nSPS) is 14.3. The maximum Gasteiger partial charge on any atom is 0.244 e. The fourth-order valence-electron chi connectivity index (χ4n) is 2.09. The van der Waals surface area contributed by atoms with E-state index in [1.165, 1.54) is 12.0 Å². The molecule has 3 rings (SSSR count). The highest BCUT2D eigenvalue weighted by Crippen LogP contribution is 2.20. The predicted octanol–water partition coefficient (Wildman–Crippen LogP) is 2.16. The van der Waals surface area contributed by atoms with Crippen molar-refractivity contribution in [3.8, 4) is 5.75 Å². The van der Waals surface area contributed by atoms with E-state index in [-0.39, 0.29) is 0 Å². The monoisotopic (exact) mass is 258 g/mol. The van der Waals surface area contributed by atoms with Gasteiger partial charge in [0.2, 0.25) is 5.95 Å². The van der Waals surface area contributed by atoms with Gasteiger partial charge in [-0.3, -0.25) is 5.10 Å². The van der Waals surface area contributed by atoms with Gasteiger partial charge in [-0.15, -0.1) is 5.10 Å². The number of rotatable bonds is 5. The van der Waals surface area contributed by atoms with Crippen LogP contribution in [0, 0.1) is 0 Å². The highest BCUT2D eigenvalue weighted by Gasteiger charge is 2.18. The van der Waals surface area contributed by atoms with E-state index in [9.17, 15) is 0 Å². The standard InChI is InChI=1S/C14H18N4O/c1-2-11-6-3-4-7-12(11)19-10-13-15-14(17-16-13)18-8-5-9-18/h3-4,6-7H,2,5,8-10H2,1H3,(H,15,16,17). The van der Waals surface area contributed by atoms with E-state index in [4.69, 9.17) is 4.74 Å². The van der Waals surface area contributed by atoms with Crippen molar-refractivity contribution in [2.75, 3.05) is 18.0 Å². The number of aromatic amines is 1. The Kier molecular flexibility index (Phi) is 3.35. The van der Waals surface area contributed by atoms with Crippen LogP contribution < -0.4 is 9.64 Å². The molecular weight excluding hydrogens is 240 g/mol. The lowest BCUT2D eigenvalue weighted by Gasteiger charge is -2.29. The summed E-state index contributed by atoms with van der Waals surface area (Å²) in [6, 6.07) is 8.09. The number of para-hydroxylation sites is 1. The second-order valence-corrected chi connectivity index (χ2v) is 4.67. The van der Waals surface area contributed by atoms with Crippen LogP contribution in [0.5, 0.6) is 5.75 Å². The fraction of sp³-hybridized carbons (Fsp3) is 0.429. The van der Waals surface area contributed by atoms with Gasteiger partial charge in [-0.05, 0) is 24.5 Å². The first kappa shape index (κ1) is 12.0. The molecule has 1 aliphatic rings. The first-order chi connectivity index (χ1) is 9.36. The molecule has 1 fully saturated rings. The molecule has 1 aromatic heterocycles. The number of aromatic nitrogens is 3. The van der Waals surface area contributed by atoms with Gasteiger partial charge >= 0.3 is 0 Å². The van der Waals surface area contributed by atoms with E-state index in [0.717, 1.165) is 37.0 Å². The maximum atomic E-state index is 5.81. The molecule has 0 radical (unpaired) electrons. The Labute approximate surface area is 112 Å². The minimum Gasteiger partial charge on any atom is -0.485 e. The topological polar surface area (TPSA) is 54.0 Å². The molecule has 1 N–H and O–H groups in total. The molecular formula is C14H18N4O. The summed E-state index contributed by atoms with van der Waals surface area (Å²) in [5.41, 5.74) is 1.21. The number of H-pyrrole nitrogens is 1. The minimum atomic E-state index is 0.428. The Hall–Kier alpha value is -2.04. The Morgan fingerprint density at radius 2 is 2.16 bits per heavy atom. The second kappa shape index (κ2) is 5.30. The summed E-state index contributed by atoms with van der Waals surface area (Å²) in [6.45, 7) is 4.66. The van der Waals surface area contributed by atoms with Gasteiger partial charge in [0.05, 0.1) is 0 Å². The molecule has 0 amide bonds. The molecule has 5 nitrogen and oxygen atoms in total. The molecule has 1 saturated heterocycles. The molecule has 0 unspecified atom stereocenters. The number of hydrogen-bond acceptors (Lipinski definition) is 4. The second-order valence-electron chi connectivity index (χ2n) is 4.67. The van der Waals surface area contributed by atoms with Gasteiger partial charge in [0, 0.05) is 13.1 Å². The summed E-state index contributed by atoms with van der Waals surface area (Å²) >= 11 is 0. The number of ether oxygens (including phenoxy) is 1. The van der Waals surface area contributed by atoms with Crippen molar-refractivity contribution in [2.24, 2.45) is 0 Å². The van der Waals surface area contributed by atoms with E-state index < -0.39 is 0 Å². The summed E-state index contributed by atoms with van der Waals surface area (Å²) in [6.07, 6.45) is 2.19. The summed E-state index contributed by atoms with van der Waals surface area (Å²) in [5, 5.41) is 7.14. The van der Waals surface area contributed by atoms with E-state index in [1.807, 2.05) is 18.2 Å². The highest BCUT2D eigenvalue weighted by molar-refractivity contribution is 5.34. The maximum absolute atomic E-state index is 5.81. The van der Waals surface area contributed by atoms with Crippen LogP contribution in [0.2, 0.25) is 0 Å². The molecule has 0 saturated carbocycles. The molecule has 0 atom stereocenters. The number of nitrogens with one attached hydrogen (secondary N) is 1. The Bertz CT molecular complexity index is 548. The smallest absolute Gasteiger partial charge is 0.244 e. The zero-order valence-electron chi connectivity index (χ0n) is 11.1. The summed E-state index contributed by atoms with van der Waals surface area (Å²) in [4.78, 5) is 6.59. The van der Waals surface area contributed by atoms with Crippen LogP contribution in [0.15, 0.2) is 24.3 Å². The first-order valence-electron chi connectivity index (χ1n) is 6.73. The van der Waals surface area contributed by atoms with Gasteiger partial charge in [0.1, 0.15) is 12.4 Å². The van der Waals surface area contributed by atoms with Crippen LogP contribution in [0.25, 0.3) is 0 Å². The Morgan fingerprint density at radius 1 is 1.32 bits per heavy atom. The number of anilines is 1. The van der Waals surface area contributed by atoms with Gasteiger partial charge < -0.3 is 9.64 Å². The number of nitrogens with zero attached hydrogens (tertiary/aromatic N) is 3. The average molecular weight is 258 g/mol. The van der Waals surface area contributed by atoms with Crippen LogP contribution in [0.1, 0.15) is 24.7 Å². The van der Waals surface area contributed by atoms with Crippen molar-refractivity contribution in [1.82, 2.24) is 15.2 Å². The van der Waals surface area contributed by atoms with E-state index in [2.05, 4.69) is 33.1 Å². The van der Waals surface area contributed by atoms with Crippen molar-refractivity contribution >= 4 is 5.95 Å².